The van der Waals surface area contributed by atoms with E-state index in [1.54, 1.807) is 0 Å². The topological polar surface area (TPSA) is 38.9 Å². The molecule has 0 radical (unpaired) electrons. The maximum atomic E-state index is 6.05. The third-order valence-electron chi connectivity index (χ3n) is 4.11. The molecule has 1 aliphatic rings. The molecule has 1 heterocycles. The largest absolute Gasteiger partial charge is 0.398 e. The predicted molar refractivity (Wildman–Crippen MR) is 82.3 cm³/mol. The predicted octanol–water partition coefficient (Wildman–Crippen LogP) is 4.15. The highest BCUT2D eigenvalue weighted by Crippen LogP contribution is 2.38. The Morgan fingerprint density at radius 2 is 2.11 bits per heavy atom. The molecule has 0 spiro atoms. The van der Waals surface area contributed by atoms with E-state index in [0.717, 1.165) is 34.5 Å². The van der Waals surface area contributed by atoms with Crippen molar-refractivity contribution in [1.29, 1.82) is 0 Å². The fourth-order valence-electron chi connectivity index (χ4n) is 2.78. The van der Waals surface area contributed by atoms with Crippen LogP contribution in [0.5, 0.6) is 0 Å². The summed E-state index contributed by atoms with van der Waals surface area (Å²) < 4.78 is 0. The van der Waals surface area contributed by atoms with Crippen molar-refractivity contribution >= 4 is 17.0 Å². The Labute approximate surface area is 118 Å². The van der Waals surface area contributed by atoms with Gasteiger partial charge >= 0.3 is 0 Å². The maximum absolute atomic E-state index is 6.05. The third kappa shape index (κ3) is 2.39. The first-order valence-electron chi connectivity index (χ1n) is 6.98. The molecule has 1 atom stereocenters. The molecule has 0 aliphatic heterocycles. The minimum Gasteiger partial charge on any atom is -0.398 e. The van der Waals surface area contributed by atoms with E-state index < -0.39 is 0 Å². The molecule has 2 nitrogen and oxygen atoms in total. The lowest BCUT2D eigenvalue weighted by atomic mass is 9.83. The molecule has 2 aromatic rings. The van der Waals surface area contributed by atoms with Crippen LogP contribution in [0.3, 0.4) is 0 Å². The van der Waals surface area contributed by atoms with Gasteiger partial charge in [0.2, 0.25) is 0 Å². The molecule has 0 amide bonds. The first-order chi connectivity index (χ1) is 9.15. The van der Waals surface area contributed by atoms with Gasteiger partial charge in [0.1, 0.15) is 5.01 Å². The highest BCUT2D eigenvalue weighted by Gasteiger charge is 2.25. The van der Waals surface area contributed by atoms with E-state index in [2.05, 4.69) is 19.9 Å². The number of aromatic nitrogens is 1. The number of para-hydroxylation sites is 1. The molecule has 0 saturated heterocycles. The van der Waals surface area contributed by atoms with Crippen molar-refractivity contribution < 1.29 is 0 Å². The van der Waals surface area contributed by atoms with Crippen LogP contribution in [0.1, 0.15) is 30.8 Å². The molecule has 0 fully saturated rings. The van der Waals surface area contributed by atoms with Gasteiger partial charge in [-0.05, 0) is 43.2 Å². The number of hydrogen-bond acceptors (Lipinski definition) is 3. The average molecular weight is 272 g/mol. The van der Waals surface area contributed by atoms with Crippen LogP contribution in [-0.4, -0.2) is 4.98 Å². The van der Waals surface area contributed by atoms with Gasteiger partial charge in [-0.25, -0.2) is 4.98 Å². The van der Waals surface area contributed by atoms with E-state index in [-0.39, 0.29) is 0 Å². The van der Waals surface area contributed by atoms with Gasteiger partial charge in [0.05, 0.1) is 5.69 Å². The van der Waals surface area contributed by atoms with Gasteiger partial charge in [-0.3, -0.25) is 0 Å². The number of hydrogen-bond donors (Lipinski definition) is 1. The van der Waals surface area contributed by atoms with Crippen LogP contribution in [-0.2, 0) is 12.8 Å². The Kier molecular flexibility index (Phi) is 3.31. The van der Waals surface area contributed by atoms with Crippen LogP contribution in [0.15, 0.2) is 24.3 Å². The lowest BCUT2D eigenvalue weighted by Gasteiger charge is -2.24. The molecule has 0 saturated carbocycles. The normalized spacial score (nSPS) is 18.6. The second-order valence-corrected chi connectivity index (χ2v) is 6.81. The van der Waals surface area contributed by atoms with Crippen LogP contribution in [0.4, 0.5) is 5.69 Å². The highest BCUT2D eigenvalue weighted by atomic mass is 32.1. The molecule has 0 bridgehead atoms. The number of rotatable bonds is 2. The Bertz CT molecular complexity index is 586. The van der Waals surface area contributed by atoms with Crippen molar-refractivity contribution in [1.82, 2.24) is 4.98 Å². The quantitative estimate of drug-likeness (QED) is 0.834. The van der Waals surface area contributed by atoms with E-state index in [1.807, 2.05) is 29.5 Å². The molecular weight excluding hydrogens is 252 g/mol. The number of nitrogen functional groups attached to an aromatic ring is 1. The molecule has 1 aromatic carbocycles. The van der Waals surface area contributed by atoms with Crippen LogP contribution in [0.25, 0.3) is 10.6 Å². The lowest BCUT2D eigenvalue weighted by molar-refractivity contribution is 0.344. The van der Waals surface area contributed by atoms with Crippen molar-refractivity contribution in [2.75, 3.05) is 5.73 Å². The second-order valence-electron chi connectivity index (χ2n) is 5.72. The molecule has 19 heavy (non-hydrogen) atoms. The fraction of sp³-hybridized carbons (Fsp3) is 0.438. The zero-order valence-electron chi connectivity index (χ0n) is 11.5. The summed E-state index contributed by atoms with van der Waals surface area (Å²) in [5, 5.41) is 1.09. The zero-order valence-corrected chi connectivity index (χ0v) is 12.3. The van der Waals surface area contributed by atoms with E-state index in [1.165, 1.54) is 23.4 Å². The van der Waals surface area contributed by atoms with Gasteiger partial charge < -0.3 is 5.73 Å². The van der Waals surface area contributed by atoms with Crippen molar-refractivity contribution in [3.63, 3.8) is 0 Å². The van der Waals surface area contributed by atoms with Crippen molar-refractivity contribution in [2.45, 2.75) is 33.1 Å². The van der Waals surface area contributed by atoms with E-state index >= 15 is 0 Å². The van der Waals surface area contributed by atoms with Crippen molar-refractivity contribution in [3.05, 3.63) is 34.8 Å². The van der Waals surface area contributed by atoms with Gasteiger partial charge in [-0.1, -0.05) is 26.0 Å². The number of benzene rings is 1. The number of nitrogens with zero attached hydrogens (tertiary/aromatic N) is 1. The summed E-state index contributed by atoms with van der Waals surface area (Å²) in [5.41, 5.74) is 9.27. The monoisotopic (exact) mass is 272 g/mol. The Hall–Kier alpha value is -1.35. The SMILES string of the molecule is CC(C)C1CCc2nc(-c3ccccc3N)sc2C1. The van der Waals surface area contributed by atoms with Gasteiger partial charge in [0, 0.05) is 16.1 Å². The first-order valence-corrected chi connectivity index (χ1v) is 7.80. The molecule has 1 unspecified atom stereocenters. The highest BCUT2D eigenvalue weighted by molar-refractivity contribution is 7.15. The Morgan fingerprint density at radius 1 is 1.32 bits per heavy atom. The minimum atomic E-state index is 0.764. The summed E-state index contributed by atoms with van der Waals surface area (Å²) in [7, 11) is 0. The number of thiazole rings is 1. The molecule has 3 rings (SSSR count). The lowest BCUT2D eigenvalue weighted by Crippen LogP contribution is -2.17. The summed E-state index contributed by atoms with van der Waals surface area (Å²) in [6, 6.07) is 8.02. The molecule has 2 N–H and O–H groups in total. The number of fused-ring (bicyclic) bond motifs is 1. The average Bonchev–Trinajstić information content (AvgIpc) is 2.81. The summed E-state index contributed by atoms with van der Waals surface area (Å²) in [6.07, 6.45) is 3.59. The number of nitrogens with two attached hydrogens (primary N) is 1. The smallest absolute Gasteiger partial charge is 0.125 e. The van der Waals surface area contributed by atoms with Crippen LogP contribution >= 0.6 is 11.3 Å². The van der Waals surface area contributed by atoms with Gasteiger partial charge in [0.15, 0.2) is 0 Å². The zero-order chi connectivity index (χ0) is 13.4. The number of anilines is 1. The van der Waals surface area contributed by atoms with Crippen molar-refractivity contribution in [3.8, 4) is 10.6 Å². The Morgan fingerprint density at radius 3 is 2.84 bits per heavy atom. The molecule has 3 heteroatoms. The van der Waals surface area contributed by atoms with Gasteiger partial charge in [-0.15, -0.1) is 11.3 Å². The van der Waals surface area contributed by atoms with E-state index in [0.29, 0.717) is 0 Å². The number of aryl methyl sites for hydroxylation is 1. The second kappa shape index (κ2) is 4.97. The summed E-state index contributed by atoms with van der Waals surface area (Å²) in [5.74, 6) is 1.58. The van der Waals surface area contributed by atoms with E-state index in [4.69, 9.17) is 10.7 Å². The van der Waals surface area contributed by atoms with Gasteiger partial charge in [0.25, 0.3) is 0 Å². The van der Waals surface area contributed by atoms with Crippen LogP contribution in [0, 0.1) is 11.8 Å². The van der Waals surface area contributed by atoms with E-state index in [9.17, 15) is 0 Å². The maximum Gasteiger partial charge on any atom is 0.125 e. The molecule has 100 valence electrons. The van der Waals surface area contributed by atoms with Crippen LogP contribution < -0.4 is 5.73 Å². The molecule has 1 aromatic heterocycles. The third-order valence-corrected chi connectivity index (χ3v) is 5.27. The fourth-order valence-corrected chi connectivity index (χ4v) is 4.02. The molecule has 1 aliphatic carbocycles. The summed E-state index contributed by atoms with van der Waals surface area (Å²) >= 11 is 1.83. The molecular formula is C16H20N2S. The van der Waals surface area contributed by atoms with Crippen LogP contribution in [0.2, 0.25) is 0 Å². The Balaban J connectivity index is 1.94. The summed E-state index contributed by atoms with van der Waals surface area (Å²) in [4.78, 5) is 6.29. The summed E-state index contributed by atoms with van der Waals surface area (Å²) in [6.45, 7) is 4.65. The van der Waals surface area contributed by atoms with Gasteiger partial charge in [-0.2, -0.15) is 0 Å². The standard InChI is InChI=1S/C16H20N2S/c1-10(2)11-7-8-14-15(9-11)19-16(18-14)12-5-3-4-6-13(12)17/h3-6,10-11H,7-9,17H2,1-2H3. The first kappa shape index (κ1) is 12.7. The van der Waals surface area contributed by atoms with Crippen molar-refractivity contribution in [2.24, 2.45) is 11.8 Å². The minimum absolute atomic E-state index is 0.764.